The van der Waals surface area contributed by atoms with Gasteiger partial charge in [-0.2, -0.15) is 0 Å². The first-order valence-electron chi connectivity index (χ1n) is 4.46. The van der Waals surface area contributed by atoms with Crippen LogP contribution in [0.3, 0.4) is 0 Å². The first-order valence-corrected chi connectivity index (χ1v) is 6.74. The van der Waals surface area contributed by atoms with Crippen molar-refractivity contribution < 1.29 is 13.2 Å². The molecule has 1 unspecified atom stereocenters. The van der Waals surface area contributed by atoms with E-state index in [9.17, 15) is 13.2 Å². The maximum Gasteiger partial charge on any atom is 0.242 e. The van der Waals surface area contributed by atoms with E-state index in [0.29, 0.717) is 4.47 Å². The molecule has 0 aliphatic rings. The van der Waals surface area contributed by atoms with Crippen molar-refractivity contribution >= 4 is 31.7 Å². The molecule has 0 aromatic carbocycles. The number of halogens is 1. The summed E-state index contributed by atoms with van der Waals surface area (Å²) in [5, 5.41) is 0. The van der Waals surface area contributed by atoms with Gasteiger partial charge in [0.05, 0.1) is 6.04 Å². The molecule has 1 atom stereocenters. The Morgan fingerprint density at radius 3 is 2.62 bits per heavy atom. The molecule has 88 valence electrons. The summed E-state index contributed by atoms with van der Waals surface area (Å²) < 4.78 is 26.4. The predicted octanol–water partition coefficient (Wildman–Crippen LogP) is 1.10. The summed E-state index contributed by atoms with van der Waals surface area (Å²) in [5.41, 5.74) is 0. The summed E-state index contributed by atoms with van der Waals surface area (Å²) >= 11 is 3.13. The predicted molar refractivity (Wildman–Crippen MR) is 62.4 cm³/mol. The zero-order valence-corrected chi connectivity index (χ0v) is 11.2. The number of ketones is 1. The highest BCUT2D eigenvalue weighted by atomic mass is 79.9. The van der Waals surface area contributed by atoms with Crippen molar-refractivity contribution in [2.24, 2.45) is 0 Å². The van der Waals surface area contributed by atoms with E-state index >= 15 is 0 Å². The highest BCUT2D eigenvalue weighted by Gasteiger charge is 2.20. The third-order valence-corrected chi connectivity index (χ3v) is 3.87. The Morgan fingerprint density at radius 1 is 1.50 bits per heavy atom. The average Bonchev–Trinajstić information content (AvgIpc) is 2.17. The van der Waals surface area contributed by atoms with Crippen molar-refractivity contribution in [2.75, 3.05) is 0 Å². The molecule has 1 aromatic rings. The van der Waals surface area contributed by atoms with E-state index in [2.05, 4.69) is 25.6 Å². The van der Waals surface area contributed by atoms with Crippen LogP contribution >= 0.6 is 15.9 Å². The Kier molecular flexibility index (Phi) is 4.17. The van der Waals surface area contributed by atoms with E-state index < -0.39 is 16.1 Å². The summed E-state index contributed by atoms with van der Waals surface area (Å²) in [4.78, 5) is 14.7. The summed E-state index contributed by atoms with van der Waals surface area (Å²) in [6.07, 6.45) is 2.70. The third-order valence-electron chi connectivity index (χ3n) is 1.93. The molecule has 1 N–H and O–H groups in total. The number of sulfonamides is 1. The normalized spacial score (nSPS) is 13.4. The minimum atomic E-state index is -3.69. The van der Waals surface area contributed by atoms with Crippen molar-refractivity contribution in [3.63, 3.8) is 0 Å². The lowest BCUT2D eigenvalue weighted by atomic mass is 10.3. The Hall–Kier alpha value is -0.790. The van der Waals surface area contributed by atoms with E-state index in [1.165, 1.54) is 32.3 Å². The SMILES string of the molecule is CC(=O)C(C)NS(=O)(=O)c1cncc(Br)c1. The number of pyridine rings is 1. The van der Waals surface area contributed by atoms with Crippen molar-refractivity contribution in [2.45, 2.75) is 24.8 Å². The summed E-state index contributed by atoms with van der Waals surface area (Å²) in [7, 11) is -3.69. The van der Waals surface area contributed by atoms with Gasteiger partial charge in [-0.3, -0.25) is 9.78 Å². The summed E-state index contributed by atoms with van der Waals surface area (Å²) in [5.74, 6) is -0.244. The standard InChI is InChI=1S/C9H11BrN2O3S/c1-6(7(2)13)12-16(14,15)9-3-8(10)4-11-5-9/h3-6,12H,1-2H3. The van der Waals surface area contributed by atoms with Gasteiger partial charge in [0.1, 0.15) is 10.7 Å². The van der Waals surface area contributed by atoms with Crippen LogP contribution in [-0.4, -0.2) is 25.2 Å². The molecule has 0 saturated heterocycles. The number of carbonyl (C=O) groups is 1. The quantitative estimate of drug-likeness (QED) is 0.904. The topological polar surface area (TPSA) is 76.1 Å². The van der Waals surface area contributed by atoms with Gasteiger partial charge in [0.15, 0.2) is 0 Å². The van der Waals surface area contributed by atoms with Gasteiger partial charge in [0.2, 0.25) is 10.0 Å². The van der Waals surface area contributed by atoms with Gasteiger partial charge in [-0.1, -0.05) is 0 Å². The molecule has 0 saturated carbocycles. The molecule has 16 heavy (non-hydrogen) atoms. The molecule has 5 nitrogen and oxygen atoms in total. The fraction of sp³-hybridized carbons (Fsp3) is 0.333. The van der Waals surface area contributed by atoms with Gasteiger partial charge >= 0.3 is 0 Å². The van der Waals surface area contributed by atoms with E-state index in [1.54, 1.807) is 0 Å². The van der Waals surface area contributed by atoms with Gasteiger partial charge in [-0.25, -0.2) is 13.1 Å². The van der Waals surface area contributed by atoms with Gasteiger partial charge in [0, 0.05) is 16.9 Å². The number of carbonyl (C=O) groups excluding carboxylic acids is 1. The number of hydrogen-bond acceptors (Lipinski definition) is 4. The summed E-state index contributed by atoms with van der Waals surface area (Å²) in [6, 6.07) is 0.673. The smallest absolute Gasteiger partial charge is 0.242 e. The molecule has 0 bridgehead atoms. The molecule has 1 rings (SSSR count). The maximum absolute atomic E-state index is 11.8. The number of aromatic nitrogens is 1. The van der Waals surface area contributed by atoms with Gasteiger partial charge in [-0.05, 0) is 35.8 Å². The highest BCUT2D eigenvalue weighted by Crippen LogP contribution is 2.14. The molecule has 0 spiro atoms. The van der Waals surface area contributed by atoms with Crippen LogP contribution in [-0.2, 0) is 14.8 Å². The first kappa shape index (κ1) is 13.3. The van der Waals surface area contributed by atoms with Crippen LogP contribution in [0.2, 0.25) is 0 Å². The van der Waals surface area contributed by atoms with Crippen LogP contribution in [0.5, 0.6) is 0 Å². The Bertz CT molecular complexity index is 501. The van der Waals surface area contributed by atoms with E-state index in [4.69, 9.17) is 0 Å². The molecule has 0 radical (unpaired) electrons. The largest absolute Gasteiger partial charge is 0.298 e. The number of rotatable bonds is 4. The lowest BCUT2D eigenvalue weighted by molar-refractivity contribution is -0.118. The fourth-order valence-electron chi connectivity index (χ4n) is 0.923. The van der Waals surface area contributed by atoms with Gasteiger partial charge in [0.25, 0.3) is 0 Å². The minimum absolute atomic E-state index is 0.0231. The van der Waals surface area contributed by atoms with Crippen molar-refractivity contribution in [3.8, 4) is 0 Å². The van der Waals surface area contributed by atoms with Gasteiger partial charge in [-0.15, -0.1) is 0 Å². The Morgan fingerprint density at radius 2 is 2.12 bits per heavy atom. The number of nitrogens with zero attached hydrogens (tertiary/aromatic N) is 1. The molecule has 0 fully saturated rings. The zero-order chi connectivity index (χ0) is 12.3. The van der Waals surface area contributed by atoms with Crippen LogP contribution in [0.4, 0.5) is 0 Å². The second-order valence-corrected chi connectivity index (χ2v) is 5.92. The summed E-state index contributed by atoms with van der Waals surface area (Å²) in [6.45, 7) is 2.82. The number of hydrogen-bond donors (Lipinski definition) is 1. The second-order valence-electron chi connectivity index (χ2n) is 3.29. The number of nitrogens with one attached hydrogen (secondary N) is 1. The molecule has 1 heterocycles. The van der Waals surface area contributed by atoms with E-state index in [1.807, 2.05) is 0 Å². The van der Waals surface area contributed by atoms with Crippen LogP contribution in [0.1, 0.15) is 13.8 Å². The lowest BCUT2D eigenvalue weighted by Gasteiger charge is -2.10. The van der Waals surface area contributed by atoms with Crippen molar-refractivity contribution in [3.05, 3.63) is 22.9 Å². The molecule has 0 amide bonds. The number of Topliss-reactive ketones (excluding diaryl/α,β-unsaturated/α-hetero) is 1. The van der Waals surface area contributed by atoms with Crippen LogP contribution in [0.25, 0.3) is 0 Å². The maximum atomic E-state index is 11.8. The van der Waals surface area contributed by atoms with Crippen LogP contribution in [0, 0.1) is 0 Å². The third kappa shape index (κ3) is 3.36. The molecule has 1 aromatic heterocycles. The Balaban J connectivity index is 2.99. The molecule has 0 aliphatic heterocycles. The molecule has 0 aliphatic carbocycles. The zero-order valence-electron chi connectivity index (χ0n) is 8.77. The van der Waals surface area contributed by atoms with Crippen molar-refractivity contribution in [1.82, 2.24) is 9.71 Å². The fourth-order valence-corrected chi connectivity index (χ4v) is 2.69. The van der Waals surface area contributed by atoms with Crippen LogP contribution < -0.4 is 4.72 Å². The highest BCUT2D eigenvalue weighted by molar-refractivity contribution is 9.10. The average molecular weight is 307 g/mol. The molecular formula is C9H11BrN2O3S. The van der Waals surface area contributed by atoms with E-state index in [0.717, 1.165) is 0 Å². The molecular weight excluding hydrogens is 296 g/mol. The molecule has 7 heteroatoms. The first-order chi connectivity index (χ1) is 7.33. The monoisotopic (exact) mass is 306 g/mol. The minimum Gasteiger partial charge on any atom is -0.298 e. The second kappa shape index (κ2) is 5.03. The Labute approximate surface area is 102 Å². The van der Waals surface area contributed by atoms with E-state index in [-0.39, 0.29) is 10.7 Å². The van der Waals surface area contributed by atoms with Crippen LogP contribution in [0.15, 0.2) is 27.8 Å². The van der Waals surface area contributed by atoms with Crippen molar-refractivity contribution in [1.29, 1.82) is 0 Å². The van der Waals surface area contributed by atoms with Gasteiger partial charge < -0.3 is 0 Å². The lowest BCUT2D eigenvalue weighted by Crippen LogP contribution is -2.37.